The topological polar surface area (TPSA) is 26.3 Å². The molecular weight excluding hydrogens is 182 g/mol. The van der Waals surface area contributed by atoms with Crippen LogP contribution in [0.1, 0.15) is 0 Å². The van der Waals surface area contributed by atoms with E-state index in [4.69, 9.17) is 27.7 Å². The van der Waals surface area contributed by atoms with Gasteiger partial charge in [0.05, 0.1) is 11.8 Å². The third-order valence-corrected chi connectivity index (χ3v) is 2.25. The molecule has 5 heteroatoms. The minimum atomic E-state index is -1.55. The maximum absolute atomic E-state index is 10.6. The van der Waals surface area contributed by atoms with Gasteiger partial charge in [-0.25, -0.2) is 0 Å². The van der Waals surface area contributed by atoms with E-state index in [1.807, 2.05) is 0 Å². The van der Waals surface area contributed by atoms with Crippen LogP contribution in [0.3, 0.4) is 0 Å². The molecule has 0 saturated heterocycles. The Morgan fingerprint density at radius 3 is 2.44 bits per heavy atom. The molecule has 2 nitrogen and oxygen atoms in total. The highest BCUT2D eigenvalue weighted by Crippen LogP contribution is 2.21. The Balaban J connectivity index is 3.06. The molecule has 1 atom stereocenters. The molecule has 0 aliphatic heterocycles. The van der Waals surface area contributed by atoms with Gasteiger partial charge in [0.15, 0.2) is 6.16 Å². The molecule has 0 N–H and O–H groups in total. The molecule has 0 amide bonds. The van der Waals surface area contributed by atoms with Crippen molar-refractivity contribution in [3.8, 4) is 0 Å². The standard InChI is InChI=1S/C4H8Cl2O2P/c5-1-3-8-9(7)4-2-6/h1-4H2/q+1. The van der Waals surface area contributed by atoms with Crippen LogP contribution >= 0.6 is 31.2 Å². The normalized spacial score (nSPS) is 11.6. The van der Waals surface area contributed by atoms with E-state index < -0.39 is 8.03 Å². The lowest BCUT2D eigenvalue weighted by Gasteiger charge is -1.82. The van der Waals surface area contributed by atoms with E-state index >= 15 is 0 Å². The summed E-state index contributed by atoms with van der Waals surface area (Å²) in [6, 6.07) is 0. The van der Waals surface area contributed by atoms with Crippen LogP contribution in [0.2, 0.25) is 0 Å². The predicted octanol–water partition coefficient (Wildman–Crippen LogP) is 2.22. The van der Waals surface area contributed by atoms with E-state index in [9.17, 15) is 4.57 Å². The lowest BCUT2D eigenvalue weighted by molar-refractivity contribution is 0.353. The maximum atomic E-state index is 10.6. The molecule has 0 rings (SSSR count). The minimum absolute atomic E-state index is 0.341. The molecule has 0 spiro atoms. The van der Waals surface area contributed by atoms with Gasteiger partial charge in [-0.1, -0.05) is 0 Å². The molecule has 0 fully saturated rings. The van der Waals surface area contributed by atoms with Crippen molar-refractivity contribution in [3.05, 3.63) is 0 Å². The highest BCUT2D eigenvalue weighted by molar-refractivity contribution is 7.39. The van der Waals surface area contributed by atoms with Gasteiger partial charge in [0, 0.05) is 0 Å². The van der Waals surface area contributed by atoms with E-state index in [-0.39, 0.29) is 0 Å². The molecule has 0 aliphatic rings. The summed E-state index contributed by atoms with van der Waals surface area (Å²) in [7, 11) is -1.55. The number of halogens is 2. The zero-order valence-corrected chi connectivity index (χ0v) is 7.25. The zero-order chi connectivity index (χ0) is 7.11. The van der Waals surface area contributed by atoms with Crippen LogP contribution in [0.25, 0.3) is 0 Å². The molecule has 0 saturated carbocycles. The van der Waals surface area contributed by atoms with Crippen molar-refractivity contribution < 1.29 is 9.09 Å². The summed E-state index contributed by atoms with van der Waals surface area (Å²) < 4.78 is 15.3. The largest absolute Gasteiger partial charge is 0.509 e. The molecule has 0 heterocycles. The van der Waals surface area contributed by atoms with Gasteiger partial charge in [0.25, 0.3) is 0 Å². The number of rotatable bonds is 5. The molecule has 0 aromatic heterocycles. The molecule has 0 radical (unpaired) electrons. The van der Waals surface area contributed by atoms with Gasteiger partial charge < -0.3 is 0 Å². The maximum Gasteiger partial charge on any atom is 0.509 e. The van der Waals surface area contributed by atoms with Gasteiger partial charge in [-0.3, -0.25) is 0 Å². The van der Waals surface area contributed by atoms with Gasteiger partial charge in [-0.05, 0) is 4.57 Å². The molecule has 0 bridgehead atoms. The van der Waals surface area contributed by atoms with Crippen LogP contribution in [0.4, 0.5) is 0 Å². The van der Waals surface area contributed by atoms with Crippen LogP contribution < -0.4 is 0 Å². The van der Waals surface area contributed by atoms with Crippen LogP contribution in [0, 0.1) is 0 Å². The highest BCUT2D eigenvalue weighted by atomic mass is 35.5. The SMILES string of the molecule is O=[P+](CCCl)OCCCl. The molecule has 9 heavy (non-hydrogen) atoms. The Labute approximate surface area is 65.3 Å². The van der Waals surface area contributed by atoms with Crippen molar-refractivity contribution in [2.24, 2.45) is 0 Å². The Kier molecular flexibility index (Phi) is 7.24. The summed E-state index contributed by atoms with van der Waals surface area (Å²) in [6.45, 7) is 0.341. The highest BCUT2D eigenvalue weighted by Gasteiger charge is 2.14. The second kappa shape index (κ2) is 6.76. The second-order valence-electron chi connectivity index (χ2n) is 1.27. The lowest BCUT2D eigenvalue weighted by Crippen LogP contribution is -1.89. The molecule has 54 valence electrons. The van der Waals surface area contributed by atoms with E-state index in [2.05, 4.69) is 0 Å². The predicted molar refractivity (Wildman–Crippen MR) is 39.9 cm³/mol. The van der Waals surface area contributed by atoms with Crippen molar-refractivity contribution in [3.63, 3.8) is 0 Å². The first-order chi connectivity index (χ1) is 4.31. The summed E-state index contributed by atoms with van der Waals surface area (Å²) >= 11 is 10.5. The third-order valence-electron chi connectivity index (χ3n) is 0.580. The Morgan fingerprint density at radius 2 is 2.00 bits per heavy atom. The monoisotopic (exact) mass is 189 g/mol. The third kappa shape index (κ3) is 6.53. The van der Waals surface area contributed by atoms with Crippen LogP contribution in [0.5, 0.6) is 0 Å². The summed E-state index contributed by atoms with van der Waals surface area (Å²) in [6.07, 6.45) is 0.410. The van der Waals surface area contributed by atoms with Crippen LogP contribution in [0.15, 0.2) is 0 Å². The average molecular weight is 190 g/mol. The fraction of sp³-hybridized carbons (Fsp3) is 1.00. The molecule has 0 aromatic carbocycles. The Morgan fingerprint density at radius 1 is 1.33 bits per heavy atom. The van der Waals surface area contributed by atoms with Crippen molar-refractivity contribution in [2.75, 3.05) is 24.5 Å². The quantitative estimate of drug-likeness (QED) is 0.490. The van der Waals surface area contributed by atoms with Crippen molar-refractivity contribution in [1.29, 1.82) is 0 Å². The van der Waals surface area contributed by atoms with Crippen molar-refractivity contribution >= 4 is 31.2 Å². The van der Waals surface area contributed by atoms with Crippen LogP contribution in [-0.4, -0.2) is 24.5 Å². The summed E-state index contributed by atoms with van der Waals surface area (Å²) in [5.41, 5.74) is 0. The lowest BCUT2D eigenvalue weighted by atomic mass is 10.9. The minimum Gasteiger partial charge on any atom is -0.145 e. The van der Waals surface area contributed by atoms with E-state index in [0.717, 1.165) is 0 Å². The summed E-state index contributed by atoms with van der Waals surface area (Å²) in [4.78, 5) is 0. The van der Waals surface area contributed by atoms with Crippen molar-refractivity contribution in [1.82, 2.24) is 0 Å². The Hall–Kier alpha value is 0.640. The molecule has 0 aromatic rings. The first-order valence-electron chi connectivity index (χ1n) is 2.50. The number of hydrogen-bond acceptors (Lipinski definition) is 2. The summed E-state index contributed by atoms with van der Waals surface area (Å²) in [5, 5.41) is 0. The molecule has 1 unspecified atom stereocenters. The van der Waals surface area contributed by atoms with E-state index in [1.54, 1.807) is 0 Å². The fourth-order valence-corrected chi connectivity index (χ4v) is 1.43. The second-order valence-corrected chi connectivity index (χ2v) is 3.39. The Bertz CT molecular complexity index is 88.6. The van der Waals surface area contributed by atoms with Gasteiger partial charge in [-0.15, -0.1) is 27.7 Å². The van der Waals surface area contributed by atoms with Gasteiger partial charge in [-0.2, -0.15) is 0 Å². The van der Waals surface area contributed by atoms with E-state index in [0.29, 0.717) is 24.5 Å². The van der Waals surface area contributed by atoms with Gasteiger partial charge >= 0.3 is 8.03 Å². The number of hydrogen-bond donors (Lipinski definition) is 0. The van der Waals surface area contributed by atoms with Crippen molar-refractivity contribution in [2.45, 2.75) is 0 Å². The summed E-state index contributed by atoms with van der Waals surface area (Å²) in [5.74, 6) is 0.751. The average Bonchev–Trinajstić information content (AvgIpc) is 1.85. The van der Waals surface area contributed by atoms with Crippen LogP contribution in [-0.2, 0) is 9.09 Å². The smallest absolute Gasteiger partial charge is 0.145 e. The van der Waals surface area contributed by atoms with E-state index in [1.165, 1.54) is 0 Å². The van der Waals surface area contributed by atoms with Gasteiger partial charge in [0.1, 0.15) is 6.61 Å². The molecule has 0 aliphatic carbocycles. The fourth-order valence-electron chi connectivity index (χ4n) is 0.270. The first-order valence-corrected chi connectivity index (χ1v) is 4.94. The first kappa shape index (κ1) is 9.64. The number of alkyl halides is 2. The zero-order valence-electron chi connectivity index (χ0n) is 4.85. The molecular formula is C4H8Cl2O2P+. The van der Waals surface area contributed by atoms with Gasteiger partial charge in [0.2, 0.25) is 0 Å².